The van der Waals surface area contributed by atoms with Crippen molar-refractivity contribution in [2.45, 2.75) is 0 Å². The quantitative estimate of drug-likeness (QED) is 0.805. The zero-order valence-electron chi connectivity index (χ0n) is 11.6. The number of amides is 1. The summed E-state index contributed by atoms with van der Waals surface area (Å²) in [4.78, 5) is 16.2. The molecule has 6 heteroatoms. The van der Waals surface area contributed by atoms with Gasteiger partial charge in [0.2, 0.25) is 0 Å². The van der Waals surface area contributed by atoms with E-state index in [1.54, 1.807) is 37.6 Å². The molecule has 1 amide bonds. The first-order valence-electron chi connectivity index (χ1n) is 6.44. The Morgan fingerprint density at radius 3 is 2.90 bits per heavy atom. The topological polar surface area (TPSA) is 63.2 Å². The predicted molar refractivity (Wildman–Crippen MR) is 84.0 cm³/mol. The largest absolute Gasteiger partial charge is 0.383 e. The van der Waals surface area contributed by atoms with E-state index in [1.165, 1.54) is 6.20 Å². The minimum Gasteiger partial charge on any atom is -0.383 e. The molecule has 0 saturated carbocycles. The van der Waals surface area contributed by atoms with Crippen LogP contribution in [0.4, 0.5) is 11.4 Å². The average molecular weight is 306 g/mol. The van der Waals surface area contributed by atoms with Crippen molar-refractivity contribution in [2.24, 2.45) is 0 Å². The number of halogens is 1. The number of pyridine rings is 1. The van der Waals surface area contributed by atoms with Gasteiger partial charge in [0, 0.05) is 26.0 Å². The third-order valence-corrected chi connectivity index (χ3v) is 3.09. The van der Waals surface area contributed by atoms with E-state index in [4.69, 9.17) is 16.3 Å². The van der Waals surface area contributed by atoms with E-state index in [0.29, 0.717) is 29.4 Å². The summed E-state index contributed by atoms with van der Waals surface area (Å²) in [5, 5.41) is 6.37. The molecule has 0 radical (unpaired) electrons. The Kier molecular flexibility index (Phi) is 5.54. The lowest BCUT2D eigenvalue weighted by Crippen LogP contribution is -2.14. The molecule has 2 aromatic rings. The van der Waals surface area contributed by atoms with Crippen molar-refractivity contribution in [1.82, 2.24) is 4.98 Å². The Labute approximate surface area is 128 Å². The van der Waals surface area contributed by atoms with Gasteiger partial charge in [-0.25, -0.2) is 0 Å². The number of rotatable bonds is 6. The molecule has 1 aromatic heterocycles. The van der Waals surface area contributed by atoms with Gasteiger partial charge in [-0.3, -0.25) is 9.78 Å². The summed E-state index contributed by atoms with van der Waals surface area (Å²) in [6.45, 7) is 1.23. The summed E-state index contributed by atoms with van der Waals surface area (Å²) in [6, 6.07) is 8.81. The first-order valence-corrected chi connectivity index (χ1v) is 6.82. The van der Waals surface area contributed by atoms with E-state index >= 15 is 0 Å². The zero-order chi connectivity index (χ0) is 15.1. The third-order valence-electron chi connectivity index (χ3n) is 2.76. The zero-order valence-corrected chi connectivity index (χ0v) is 12.4. The number of hydrogen-bond donors (Lipinski definition) is 2. The molecule has 0 aliphatic heterocycles. The minimum atomic E-state index is -0.258. The Morgan fingerprint density at radius 2 is 2.14 bits per heavy atom. The number of nitrogens with one attached hydrogen (secondary N) is 2. The molecule has 0 aliphatic carbocycles. The lowest BCUT2D eigenvalue weighted by molar-refractivity contribution is 0.102. The fraction of sp³-hybridized carbons (Fsp3) is 0.200. The Morgan fingerprint density at radius 1 is 1.33 bits per heavy atom. The van der Waals surface area contributed by atoms with Crippen LogP contribution in [-0.4, -0.2) is 31.2 Å². The monoisotopic (exact) mass is 305 g/mol. The Balaban J connectivity index is 2.05. The van der Waals surface area contributed by atoms with Gasteiger partial charge in [-0.15, -0.1) is 0 Å². The second-order valence-corrected chi connectivity index (χ2v) is 4.72. The van der Waals surface area contributed by atoms with Crippen LogP contribution >= 0.6 is 11.6 Å². The van der Waals surface area contributed by atoms with E-state index < -0.39 is 0 Å². The van der Waals surface area contributed by atoms with Gasteiger partial charge in [0.05, 0.1) is 28.6 Å². The van der Waals surface area contributed by atoms with Crippen LogP contribution in [0.25, 0.3) is 0 Å². The van der Waals surface area contributed by atoms with Crippen LogP contribution in [-0.2, 0) is 4.74 Å². The number of carbonyl (C=O) groups is 1. The molecule has 0 bridgehead atoms. The molecule has 0 unspecified atom stereocenters. The third kappa shape index (κ3) is 4.44. The molecular weight excluding hydrogens is 290 g/mol. The highest BCUT2D eigenvalue weighted by Gasteiger charge is 2.09. The summed E-state index contributed by atoms with van der Waals surface area (Å²) >= 11 is 6.01. The highest BCUT2D eigenvalue weighted by Crippen LogP contribution is 2.21. The standard InChI is InChI=1S/C15H16ClN3O2/c1-21-7-6-18-12-8-11(9-17-10-12)15(20)19-14-5-3-2-4-13(14)16/h2-5,8-10,18H,6-7H2,1H3,(H,19,20). The Bertz CT molecular complexity index is 619. The van der Waals surface area contributed by atoms with Crippen LogP contribution in [0.1, 0.15) is 10.4 Å². The maximum Gasteiger partial charge on any atom is 0.257 e. The molecule has 2 rings (SSSR count). The highest BCUT2D eigenvalue weighted by molar-refractivity contribution is 6.33. The van der Waals surface area contributed by atoms with Crippen LogP contribution in [0.2, 0.25) is 5.02 Å². The number of ether oxygens (including phenoxy) is 1. The van der Waals surface area contributed by atoms with Crippen molar-refractivity contribution in [2.75, 3.05) is 30.9 Å². The van der Waals surface area contributed by atoms with Gasteiger partial charge in [0.1, 0.15) is 0 Å². The number of aromatic nitrogens is 1. The molecule has 0 saturated heterocycles. The molecule has 0 atom stereocenters. The summed E-state index contributed by atoms with van der Waals surface area (Å²) < 4.78 is 4.96. The highest BCUT2D eigenvalue weighted by atomic mass is 35.5. The molecule has 1 aromatic carbocycles. The van der Waals surface area contributed by atoms with Crippen LogP contribution in [0.5, 0.6) is 0 Å². The number of hydrogen-bond acceptors (Lipinski definition) is 4. The second kappa shape index (κ2) is 7.61. The summed E-state index contributed by atoms with van der Waals surface area (Å²) in [7, 11) is 1.63. The van der Waals surface area contributed by atoms with Gasteiger partial charge >= 0.3 is 0 Å². The number of benzene rings is 1. The molecule has 5 nitrogen and oxygen atoms in total. The van der Waals surface area contributed by atoms with Crippen molar-refractivity contribution >= 4 is 28.9 Å². The fourth-order valence-electron chi connectivity index (χ4n) is 1.72. The summed E-state index contributed by atoms with van der Waals surface area (Å²) in [6.07, 6.45) is 3.16. The average Bonchev–Trinajstić information content (AvgIpc) is 2.50. The first kappa shape index (κ1) is 15.3. The van der Waals surface area contributed by atoms with Crippen LogP contribution in [0.3, 0.4) is 0 Å². The SMILES string of the molecule is COCCNc1cncc(C(=O)Nc2ccccc2Cl)c1. The van der Waals surface area contributed by atoms with Crippen molar-refractivity contribution in [1.29, 1.82) is 0 Å². The van der Waals surface area contributed by atoms with Crippen molar-refractivity contribution < 1.29 is 9.53 Å². The normalized spacial score (nSPS) is 10.2. The van der Waals surface area contributed by atoms with E-state index in [9.17, 15) is 4.79 Å². The van der Waals surface area contributed by atoms with Crippen LogP contribution < -0.4 is 10.6 Å². The van der Waals surface area contributed by atoms with Crippen molar-refractivity contribution in [3.8, 4) is 0 Å². The maximum atomic E-state index is 12.2. The smallest absolute Gasteiger partial charge is 0.257 e. The predicted octanol–water partition coefficient (Wildman–Crippen LogP) is 3.05. The number of anilines is 2. The van der Waals surface area contributed by atoms with Gasteiger partial charge in [-0.2, -0.15) is 0 Å². The van der Waals surface area contributed by atoms with Crippen LogP contribution in [0.15, 0.2) is 42.7 Å². The molecule has 1 heterocycles. The molecular formula is C15H16ClN3O2. The molecule has 2 N–H and O–H groups in total. The number of nitrogens with zero attached hydrogens (tertiary/aromatic N) is 1. The van der Waals surface area contributed by atoms with Gasteiger partial charge in [0.25, 0.3) is 5.91 Å². The lowest BCUT2D eigenvalue weighted by atomic mass is 10.2. The van der Waals surface area contributed by atoms with Crippen molar-refractivity contribution in [3.63, 3.8) is 0 Å². The number of carbonyl (C=O) groups excluding carboxylic acids is 1. The van der Waals surface area contributed by atoms with Gasteiger partial charge in [0.15, 0.2) is 0 Å². The maximum absolute atomic E-state index is 12.2. The Hall–Kier alpha value is -2.11. The molecule has 0 fully saturated rings. The second-order valence-electron chi connectivity index (χ2n) is 4.32. The summed E-state index contributed by atoms with van der Waals surface area (Å²) in [5.74, 6) is -0.258. The number of para-hydroxylation sites is 1. The van der Waals surface area contributed by atoms with Crippen molar-refractivity contribution in [3.05, 3.63) is 53.3 Å². The molecule has 0 aliphatic rings. The first-order chi connectivity index (χ1) is 10.2. The fourth-order valence-corrected chi connectivity index (χ4v) is 1.90. The van der Waals surface area contributed by atoms with E-state index in [2.05, 4.69) is 15.6 Å². The van der Waals surface area contributed by atoms with E-state index in [0.717, 1.165) is 5.69 Å². The molecule has 0 spiro atoms. The van der Waals surface area contributed by atoms with Gasteiger partial charge < -0.3 is 15.4 Å². The van der Waals surface area contributed by atoms with E-state index in [-0.39, 0.29) is 5.91 Å². The van der Waals surface area contributed by atoms with Gasteiger partial charge in [-0.1, -0.05) is 23.7 Å². The molecule has 21 heavy (non-hydrogen) atoms. The van der Waals surface area contributed by atoms with E-state index in [1.807, 2.05) is 6.07 Å². The van der Waals surface area contributed by atoms with Crippen LogP contribution in [0, 0.1) is 0 Å². The van der Waals surface area contributed by atoms with Gasteiger partial charge in [-0.05, 0) is 18.2 Å². The molecule has 110 valence electrons. The lowest BCUT2D eigenvalue weighted by Gasteiger charge is -2.09. The summed E-state index contributed by atoms with van der Waals surface area (Å²) in [5.41, 5.74) is 1.79. The minimum absolute atomic E-state index is 0.258. The number of methoxy groups -OCH3 is 1.